The maximum absolute atomic E-state index is 13.1. The van der Waals surface area contributed by atoms with Gasteiger partial charge in [-0.1, -0.05) is 25.8 Å². The zero-order chi connectivity index (χ0) is 21.3. The Kier molecular flexibility index (Phi) is 6.22. The molecule has 3 aliphatic rings. The molecule has 2 saturated carbocycles. The summed E-state index contributed by atoms with van der Waals surface area (Å²) in [6.07, 6.45) is 9.77. The van der Waals surface area contributed by atoms with Crippen LogP contribution < -0.4 is 10.1 Å². The van der Waals surface area contributed by atoms with Crippen LogP contribution in [0.25, 0.3) is 0 Å². The molecule has 0 aromatic heterocycles. The first-order valence-electron chi connectivity index (χ1n) is 11.9. The van der Waals surface area contributed by atoms with Gasteiger partial charge in [0.15, 0.2) is 0 Å². The van der Waals surface area contributed by atoms with Crippen LogP contribution in [0.2, 0.25) is 0 Å². The van der Waals surface area contributed by atoms with E-state index >= 15 is 0 Å². The minimum atomic E-state index is -0.105. The smallest absolute Gasteiger partial charge is 0.216 e. The summed E-state index contributed by atoms with van der Waals surface area (Å²) < 4.78 is 5.45. The first kappa shape index (κ1) is 21.4. The van der Waals surface area contributed by atoms with Gasteiger partial charge in [-0.2, -0.15) is 0 Å². The molecule has 2 fully saturated rings. The summed E-state index contributed by atoms with van der Waals surface area (Å²) in [5.74, 6) is 3.85. The maximum atomic E-state index is 13.1. The van der Waals surface area contributed by atoms with Crippen LogP contribution in [0.1, 0.15) is 82.3 Å². The van der Waals surface area contributed by atoms with Crippen LogP contribution in [0.15, 0.2) is 18.2 Å². The normalized spacial score (nSPS) is 32.2. The summed E-state index contributed by atoms with van der Waals surface area (Å²) >= 11 is 0. The van der Waals surface area contributed by atoms with E-state index in [1.807, 2.05) is 0 Å². The van der Waals surface area contributed by atoms with Gasteiger partial charge >= 0.3 is 0 Å². The number of ketones is 1. The van der Waals surface area contributed by atoms with Crippen LogP contribution in [-0.2, 0) is 16.0 Å². The van der Waals surface area contributed by atoms with Gasteiger partial charge in [-0.15, -0.1) is 0 Å². The summed E-state index contributed by atoms with van der Waals surface area (Å²) in [7, 11) is 1.74. The van der Waals surface area contributed by atoms with Crippen molar-refractivity contribution in [3.63, 3.8) is 0 Å². The number of ether oxygens (including phenoxy) is 1. The molecule has 1 N–H and O–H groups in total. The first-order valence-corrected chi connectivity index (χ1v) is 11.9. The van der Waals surface area contributed by atoms with Crippen molar-refractivity contribution in [2.45, 2.75) is 77.6 Å². The summed E-state index contributed by atoms with van der Waals surface area (Å²) in [6.45, 7) is 4.62. The minimum Gasteiger partial charge on any atom is -0.497 e. The molecular formula is C26H37NO3. The lowest BCUT2D eigenvalue weighted by atomic mass is 9.54. The van der Waals surface area contributed by atoms with E-state index in [1.54, 1.807) is 14.0 Å². The monoisotopic (exact) mass is 411 g/mol. The number of fused-ring (bicyclic) bond motifs is 5. The number of benzene rings is 1. The topological polar surface area (TPSA) is 55.4 Å². The van der Waals surface area contributed by atoms with E-state index in [0.29, 0.717) is 29.5 Å². The number of hydrogen-bond acceptors (Lipinski definition) is 3. The van der Waals surface area contributed by atoms with Gasteiger partial charge < -0.3 is 10.1 Å². The lowest BCUT2D eigenvalue weighted by Gasteiger charge is -2.50. The van der Waals surface area contributed by atoms with Crippen molar-refractivity contribution >= 4 is 11.7 Å². The number of unbranched alkanes of at least 4 members (excludes halogenated alkanes) is 2. The molecule has 5 atom stereocenters. The Labute approximate surface area is 181 Å². The molecule has 4 rings (SSSR count). The molecule has 1 amide bonds. The van der Waals surface area contributed by atoms with Crippen LogP contribution in [-0.4, -0.2) is 25.3 Å². The zero-order valence-electron chi connectivity index (χ0n) is 18.8. The van der Waals surface area contributed by atoms with E-state index in [4.69, 9.17) is 4.74 Å². The van der Waals surface area contributed by atoms with Gasteiger partial charge in [0.25, 0.3) is 0 Å². The second-order valence-electron chi connectivity index (χ2n) is 10.1. The molecule has 4 heteroatoms. The fraction of sp³-hybridized carbons (Fsp3) is 0.692. The van der Waals surface area contributed by atoms with Crippen LogP contribution >= 0.6 is 0 Å². The zero-order valence-corrected chi connectivity index (χ0v) is 18.8. The van der Waals surface area contributed by atoms with Crippen molar-refractivity contribution in [2.75, 3.05) is 13.7 Å². The standard InChI is InChI=1S/C26H37NO3/c1-17(28)27-14-6-4-5-7-19-16-24(29)26(2)13-12-22-21-11-9-20(30-3)15-18(21)8-10-23(22)25(19)26/h9,11,15,19,22-23,25H,4-8,10,12-14,16H2,1-3H3,(H,27,28)/t19?,22?,23?,25?,26-/m1/s1. The molecule has 0 heterocycles. The van der Waals surface area contributed by atoms with E-state index in [2.05, 4.69) is 30.4 Å². The van der Waals surface area contributed by atoms with Crippen LogP contribution in [0, 0.1) is 23.2 Å². The fourth-order valence-corrected chi connectivity index (χ4v) is 6.98. The summed E-state index contributed by atoms with van der Waals surface area (Å²) in [5.41, 5.74) is 2.87. The van der Waals surface area contributed by atoms with E-state index in [1.165, 1.54) is 17.5 Å². The van der Waals surface area contributed by atoms with Crippen molar-refractivity contribution < 1.29 is 14.3 Å². The Morgan fingerprint density at radius 2 is 2.07 bits per heavy atom. The van der Waals surface area contributed by atoms with Crippen molar-refractivity contribution in [1.29, 1.82) is 0 Å². The highest BCUT2D eigenvalue weighted by Gasteiger charge is 2.58. The third-order valence-corrected chi connectivity index (χ3v) is 8.40. The maximum Gasteiger partial charge on any atom is 0.216 e. The van der Waals surface area contributed by atoms with Crippen molar-refractivity contribution in [1.82, 2.24) is 5.32 Å². The first-order chi connectivity index (χ1) is 14.4. The fourth-order valence-electron chi connectivity index (χ4n) is 6.98. The largest absolute Gasteiger partial charge is 0.497 e. The minimum absolute atomic E-state index is 0.0515. The summed E-state index contributed by atoms with van der Waals surface area (Å²) in [5, 5.41) is 2.89. The molecule has 0 saturated heterocycles. The number of methoxy groups -OCH3 is 1. The van der Waals surface area contributed by atoms with Crippen molar-refractivity contribution in [3.8, 4) is 5.75 Å². The number of nitrogens with one attached hydrogen (secondary N) is 1. The molecular weight excluding hydrogens is 374 g/mol. The molecule has 0 radical (unpaired) electrons. The predicted molar refractivity (Wildman–Crippen MR) is 119 cm³/mol. The summed E-state index contributed by atoms with van der Waals surface area (Å²) in [6, 6.07) is 6.63. The second-order valence-corrected chi connectivity index (χ2v) is 10.1. The molecule has 30 heavy (non-hydrogen) atoms. The average Bonchev–Trinajstić information content (AvgIpc) is 2.99. The molecule has 0 spiro atoms. The Bertz CT molecular complexity index is 803. The third-order valence-electron chi connectivity index (χ3n) is 8.40. The van der Waals surface area contributed by atoms with Crippen LogP contribution in [0.4, 0.5) is 0 Å². The number of amides is 1. The Morgan fingerprint density at radius 1 is 1.23 bits per heavy atom. The highest BCUT2D eigenvalue weighted by atomic mass is 16.5. The molecule has 1 aromatic rings. The Morgan fingerprint density at radius 3 is 2.83 bits per heavy atom. The number of aryl methyl sites for hydroxylation is 1. The quantitative estimate of drug-likeness (QED) is 0.639. The van der Waals surface area contributed by atoms with Crippen LogP contribution in [0.5, 0.6) is 5.75 Å². The molecule has 0 bridgehead atoms. The highest BCUT2D eigenvalue weighted by molar-refractivity contribution is 5.87. The van der Waals surface area contributed by atoms with Gasteiger partial charge in [0.2, 0.25) is 5.91 Å². The Hall–Kier alpha value is -1.84. The number of carbonyl (C=O) groups excluding carboxylic acids is 2. The number of hydrogen-bond donors (Lipinski definition) is 1. The molecule has 4 nitrogen and oxygen atoms in total. The number of Topliss-reactive ketones (excluding diaryl/α,β-unsaturated/α-hetero) is 1. The lowest BCUT2D eigenvalue weighted by molar-refractivity contribution is -0.129. The van der Waals surface area contributed by atoms with Crippen molar-refractivity contribution in [2.24, 2.45) is 23.2 Å². The van der Waals surface area contributed by atoms with Crippen LogP contribution in [0.3, 0.4) is 0 Å². The molecule has 0 aliphatic heterocycles. The molecule has 3 aliphatic carbocycles. The van der Waals surface area contributed by atoms with E-state index in [9.17, 15) is 9.59 Å². The van der Waals surface area contributed by atoms with E-state index in [0.717, 1.165) is 63.7 Å². The second kappa shape index (κ2) is 8.72. The number of rotatable bonds is 7. The molecule has 164 valence electrons. The van der Waals surface area contributed by atoms with E-state index < -0.39 is 0 Å². The average molecular weight is 412 g/mol. The van der Waals surface area contributed by atoms with Gasteiger partial charge in [0.1, 0.15) is 11.5 Å². The predicted octanol–water partition coefficient (Wildman–Crippen LogP) is 5.04. The third kappa shape index (κ3) is 3.90. The molecule has 1 aromatic carbocycles. The number of carbonyl (C=O) groups is 2. The van der Waals surface area contributed by atoms with Gasteiger partial charge in [0.05, 0.1) is 7.11 Å². The summed E-state index contributed by atoms with van der Waals surface area (Å²) in [4.78, 5) is 24.1. The Balaban J connectivity index is 1.45. The highest BCUT2D eigenvalue weighted by Crippen LogP contribution is 2.62. The van der Waals surface area contributed by atoms with Gasteiger partial charge in [-0.05, 0) is 85.5 Å². The van der Waals surface area contributed by atoms with Gasteiger partial charge in [-0.3, -0.25) is 9.59 Å². The van der Waals surface area contributed by atoms with Crippen molar-refractivity contribution in [3.05, 3.63) is 29.3 Å². The van der Waals surface area contributed by atoms with Gasteiger partial charge in [0, 0.05) is 25.3 Å². The van der Waals surface area contributed by atoms with E-state index in [-0.39, 0.29) is 11.3 Å². The lowest BCUT2D eigenvalue weighted by Crippen LogP contribution is -2.44. The SMILES string of the molecule is COc1ccc2c(c1)CCC1C2CC[C@]2(C)C(=O)CC(CCCCCNC(C)=O)C12. The van der Waals surface area contributed by atoms with Gasteiger partial charge in [-0.25, -0.2) is 0 Å². The molecule has 4 unspecified atom stereocenters.